The fourth-order valence-electron chi connectivity index (χ4n) is 1.70. The van der Waals surface area contributed by atoms with Crippen molar-refractivity contribution in [1.29, 1.82) is 0 Å². The molecule has 0 unspecified atom stereocenters. The van der Waals surface area contributed by atoms with Gasteiger partial charge in [-0.05, 0) is 17.5 Å². The van der Waals surface area contributed by atoms with Crippen molar-refractivity contribution >= 4 is 22.7 Å². The van der Waals surface area contributed by atoms with E-state index >= 15 is 0 Å². The number of fused-ring (bicyclic) bond motifs is 1. The number of carboxylic acid groups (broad SMARTS) is 2. The van der Waals surface area contributed by atoms with E-state index in [0.717, 1.165) is 0 Å². The minimum absolute atomic E-state index is 0. The quantitative estimate of drug-likeness (QED) is 0.588. The second kappa shape index (κ2) is 13.2. The summed E-state index contributed by atoms with van der Waals surface area (Å²) in [4.78, 5) is 22.0. The Morgan fingerprint density at radius 2 is 1.00 bits per heavy atom. The van der Waals surface area contributed by atoms with Crippen LogP contribution in [0.2, 0.25) is 0 Å². The molecule has 0 amide bonds. The Hall–Kier alpha value is -1.48. The average Bonchev–Trinajstić information content (AvgIpc) is 2.27. The molecule has 2 aromatic carbocycles. The maximum Gasteiger partial charge on any atom is 0.336 e. The molecule has 0 spiro atoms. The van der Waals surface area contributed by atoms with Crippen molar-refractivity contribution in [2.24, 2.45) is 0 Å². The van der Waals surface area contributed by atoms with Crippen molar-refractivity contribution in [2.45, 2.75) is 0 Å². The molecule has 0 saturated heterocycles. The summed E-state index contributed by atoms with van der Waals surface area (Å²) in [7, 11) is 0. The van der Waals surface area contributed by atoms with Crippen LogP contribution in [0.4, 0.5) is 0 Å². The molecule has 8 nitrogen and oxygen atoms in total. The van der Waals surface area contributed by atoms with Crippen molar-refractivity contribution in [3.8, 4) is 0 Å². The van der Waals surface area contributed by atoms with Crippen molar-refractivity contribution in [2.75, 3.05) is 0 Å². The van der Waals surface area contributed by atoms with Gasteiger partial charge in [-0.1, -0.05) is 24.3 Å². The van der Waals surface area contributed by atoms with Gasteiger partial charge in [0.05, 0.1) is 11.1 Å². The molecule has 2 rings (SSSR count). The van der Waals surface area contributed by atoms with Gasteiger partial charge in [-0.25, -0.2) is 9.59 Å². The summed E-state index contributed by atoms with van der Waals surface area (Å²) >= 11 is 0. The molecule has 0 aliphatic rings. The van der Waals surface area contributed by atoms with Crippen LogP contribution in [0.15, 0.2) is 36.4 Å². The van der Waals surface area contributed by atoms with Gasteiger partial charge in [0.15, 0.2) is 0 Å². The molecule has 0 heterocycles. The number of aromatic carboxylic acids is 2. The molecule has 0 aliphatic carbocycles. The van der Waals surface area contributed by atoms with E-state index in [-0.39, 0.29) is 72.6 Å². The summed E-state index contributed by atoms with van der Waals surface area (Å²) < 4.78 is 0. The molecule has 0 aliphatic heterocycles. The Labute approximate surface area is 146 Å². The first-order valence-corrected chi connectivity index (χ1v) is 4.59. The van der Waals surface area contributed by atoms with Gasteiger partial charge < -0.3 is 32.1 Å². The summed E-state index contributed by atoms with van der Waals surface area (Å²) in [6.07, 6.45) is 0. The van der Waals surface area contributed by atoms with Crippen molar-refractivity contribution in [3.05, 3.63) is 47.5 Å². The fourth-order valence-corrected chi connectivity index (χ4v) is 1.70. The molecule has 2 radical (unpaired) electrons. The fraction of sp³-hybridized carbons (Fsp3) is 0. The van der Waals surface area contributed by atoms with Crippen LogP contribution < -0.4 is 0 Å². The van der Waals surface area contributed by atoms with E-state index in [1.165, 1.54) is 12.1 Å². The van der Waals surface area contributed by atoms with Crippen LogP contribution in [-0.2, 0) is 34.1 Å². The number of benzene rings is 2. The van der Waals surface area contributed by atoms with Crippen molar-refractivity contribution in [1.82, 2.24) is 0 Å². The van der Waals surface area contributed by atoms with Crippen LogP contribution in [0.1, 0.15) is 20.7 Å². The second-order valence-corrected chi connectivity index (χ2v) is 3.32. The monoisotopic (exact) mass is 414 g/mol. The van der Waals surface area contributed by atoms with Gasteiger partial charge in [-0.15, -0.1) is 0 Å². The van der Waals surface area contributed by atoms with Crippen LogP contribution in [0.3, 0.4) is 0 Å². The number of hydrogen-bond donors (Lipinski definition) is 2. The van der Waals surface area contributed by atoms with Crippen LogP contribution in [-0.4, -0.2) is 44.1 Å². The van der Waals surface area contributed by atoms with Crippen LogP contribution in [0.25, 0.3) is 10.8 Å². The molecule has 2 aromatic rings. The molecule has 10 heteroatoms. The molecule has 22 heavy (non-hydrogen) atoms. The smallest absolute Gasteiger partial charge is 0.336 e. The minimum Gasteiger partial charge on any atom is -0.478 e. The normalized spacial score (nSPS) is 7.45. The number of carboxylic acids is 2. The topological polar surface area (TPSA) is 201 Å². The van der Waals surface area contributed by atoms with Crippen molar-refractivity contribution in [3.63, 3.8) is 0 Å². The summed E-state index contributed by atoms with van der Waals surface area (Å²) in [6.45, 7) is 0. The van der Waals surface area contributed by atoms with E-state index in [0.29, 0.717) is 5.39 Å². The Morgan fingerprint density at radius 1 is 0.682 bits per heavy atom. The third-order valence-corrected chi connectivity index (χ3v) is 2.37. The molecule has 0 bridgehead atoms. The Morgan fingerprint density at radius 3 is 1.27 bits per heavy atom. The molecule has 0 aromatic heterocycles. The van der Waals surface area contributed by atoms with Gasteiger partial charge in [0.1, 0.15) is 0 Å². The van der Waals surface area contributed by atoms with Crippen LogP contribution in [0, 0.1) is 0 Å². The maximum atomic E-state index is 11.0. The van der Waals surface area contributed by atoms with Gasteiger partial charge in [0.25, 0.3) is 0 Å². The first kappa shape index (κ1) is 32.5. The Bertz CT molecular complexity index is 554. The molecular formula is C12H16Cu2O8. The summed E-state index contributed by atoms with van der Waals surface area (Å²) in [5.74, 6) is -2.25. The zero-order valence-corrected chi connectivity index (χ0v) is 12.7. The molecule has 0 saturated carbocycles. The van der Waals surface area contributed by atoms with E-state index in [2.05, 4.69) is 0 Å². The predicted octanol–water partition coefficient (Wildman–Crippen LogP) is -1.07. The zero-order chi connectivity index (χ0) is 11.7. The third kappa shape index (κ3) is 6.10. The standard InChI is InChI=1S/C12H8O4.2Cu.4H2O/c13-11(14)8-5-1-3-7-4-2-6-9(10(7)8)12(15)16;;;;;;/h1-6H,(H,13,14)(H,15,16);;;4*1H2. The SMILES string of the molecule is O.O.O.O.O=C(O)c1cccc2cccc(C(=O)O)c12.[Cu].[Cu]. The largest absolute Gasteiger partial charge is 0.478 e. The number of hydrogen-bond acceptors (Lipinski definition) is 2. The number of carbonyl (C=O) groups is 2. The van der Waals surface area contributed by atoms with E-state index < -0.39 is 11.9 Å². The number of rotatable bonds is 2. The zero-order valence-electron chi connectivity index (χ0n) is 10.8. The van der Waals surface area contributed by atoms with E-state index in [1.54, 1.807) is 24.3 Å². The van der Waals surface area contributed by atoms with Gasteiger partial charge in [-0.3, -0.25) is 0 Å². The van der Waals surface area contributed by atoms with E-state index in [9.17, 15) is 9.59 Å². The summed E-state index contributed by atoms with van der Waals surface area (Å²) in [5.41, 5.74) is 0.0194. The molecule has 134 valence electrons. The molecule has 0 atom stereocenters. The summed E-state index contributed by atoms with van der Waals surface area (Å²) in [5, 5.41) is 18.9. The van der Waals surface area contributed by atoms with Crippen LogP contribution in [0.5, 0.6) is 0 Å². The van der Waals surface area contributed by atoms with Gasteiger partial charge >= 0.3 is 11.9 Å². The predicted molar refractivity (Wildman–Crippen MR) is 72.3 cm³/mol. The Kier molecular flexibility index (Phi) is 19.5. The third-order valence-electron chi connectivity index (χ3n) is 2.37. The first-order chi connectivity index (χ1) is 7.61. The second-order valence-electron chi connectivity index (χ2n) is 3.32. The maximum absolute atomic E-state index is 11.0. The molecule has 10 N–H and O–H groups in total. The average molecular weight is 415 g/mol. The first-order valence-electron chi connectivity index (χ1n) is 4.59. The minimum atomic E-state index is -1.13. The Balaban J connectivity index is -0.000000161. The van der Waals surface area contributed by atoms with Gasteiger partial charge in [0.2, 0.25) is 0 Å². The summed E-state index contributed by atoms with van der Waals surface area (Å²) in [6, 6.07) is 9.37. The van der Waals surface area contributed by atoms with E-state index in [1.807, 2.05) is 0 Å². The van der Waals surface area contributed by atoms with Gasteiger partial charge in [-0.2, -0.15) is 0 Å². The molecular weight excluding hydrogens is 399 g/mol. The van der Waals surface area contributed by atoms with Gasteiger partial charge in [0, 0.05) is 39.5 Å². The van der Waals surface area contributed by atoms with E-state index in [4.69, 9.17) is 10.2 Å². The molecule has 0 fully saturated rings. The van der Waals surface area contributed by atoms with Crippen LogP contribution >= 0.6 is 0 Å². The van der Waals surface area contributed by atoms with Crippen molar-refractivity contribution < 1.29 is 75.8 Å².